The van der Waals surface area contributed by atoms with Crippen LogP contribution in [0.15, 0.2) is 0 Å². The molecule has 0 aromatic carbocycles. The lowest BCUT2D eigenvalue weighted by atomic mass is 9.81. The highest BCUT2D eigenvalue weighted by atomic mass is 31.2. The van der Waals surface area contributed by atoms with Gasteiger partial charge in [-0.3, -0.25) is 37.4 Å². The topological polar surface area (TPSA) is 318 Å². The Morgan fingerprint density at radius 3 is 1.94 bits per heavy atom. The zero-order chi connectivity index (χ0) is 24.6. The fraction of sp³-hybridized carbons (Fsp3) is 0.857. The van der Waals surface area contributed by atoms with Gasteiger partial charge >= 0.3 is 19.7 Å². The van der Waals surface area contributed by atoms with E-state index < -0.39 is 86.9 Å². The molecule has 17 nitrogen and oxygen atoms in total. The van der Waals surface area contributed by atoms with Gasteiger partial charge in [0.25, 0.3) is 0 Å². The van der Waals surface area contributed by atoms with E-state index in [0.717, 1.165) is 0 Å². The highest BCUT2D eigenvalue weighted by Gasteiger charge is 2.59. The van der Waals surface area contributed by atoms with Crippen molar-refractivity contribution in [1.29, 1.82) is 0 Å². The van der Waals surface area contributed by atoms with Crippen molar-refractivity contribution >= 4 is 19.7 Å². The first-order valence-electron chi connectivity index (χ1n) is 9.33. The molecule has 2 fully saturated rings. The van der Waals surface area contributed by atoms with Crippen molar-refractivity contribution < 1.29 is 63.9 Å². The first-order chi connectivity index (χ1) is 14.6. The van der Waals surface area contributed by atoms with E-state index in [9.17, 15) is 39.9 Å². The highest BCUT2D eigenvalue weighted by Crippen LogP contribution is 2.41. The fourth-order valence-corrected chi connectivity index (χ4v) is 4.32. The Hall–Kier alpha value is -1.63. The van der Waals surface area contributed by atoms with E-state index in [-0.39, 0.29) is 0 Å². The molecule has 1 aliphatic heterocycles. The standard InChI is InChI=1S/C14H29N6O11P/c1-3-14(25,2-21)10(24)11(29-3)30-8-4(19-12(15)16)6(22)5(20-13(17)18)9(7(8)23)31-32(26,27)28/h3-11,21-25H,2H2,1H3,(H4,15,16,19)(H4,17,18,20)(H2,26,27,28)/p+2/t3-,4-,5+,6-,7-,8+,9-,10-,11-,14+/m0/s1. The fourth-order valence-electron chi connectivity index (χ4n) is 3.75. The van der Waals surface area contributed by atoms with Gasteiger partial charge in [-0.25, -0.2) is 4.57 Å². The predicted octanol–water partition coefficient (Wildman–Crippen LogP) is -10.1. The number of phosphoric acid groups is 1. The minimum absolute atomic E-state index is 0.430. The Morgan fingerprint density at radius 2 is 1.53 bits per heavy atom. The zero-order valence-corrected chi connectivity index (χ0v) is 17.8. The normalized spacial score (nSPS) is 42.4. The van der Waals surface area contributed by atoms with Crippen molar-refractivity contribution in [2.24, 2.45) is 22.9 Å². The lowest BCUT2D eigenvalue weighted by Gasteiger charge is -2.44. The molecule has 1 aliphatic carbocycles. The molecule has 2 aliphatic rings. The van der Waals surface area contributed by atoms with Crippen molar-refractivity contribution in [2.75, 3.05) is 6.61 Å². The molecular formula is C14H31N6O11P+2. The summed E-state index contributed by atoms with van der Waals surface area (Å²) in [6.07, 6.45) is -11.7. The molecule has 17 N–H and O–H groups in total. The second-order valence-electron chi connectivity index (χ2n) is 7.63. The maximum atomic E-state index is 11.5. The van der Waals surface area contributed by atoms with E-state index in [1.807, 2.05) is 0 Å². The average molecular weight is 490 g/mol. The Morgan fingerprint density at radius 1 is 1.03 bits per heavy atom. The van der Waals surface area contributed by atoms with Gasteiger partial charge < -0.3 is 44.8 Å². The summed E-state index contributed by atoms with van der Waals surface area (Å²) in [5, 5.41) is 51.8. The molecule has 10 atom stereocenters. The molecule has 0 spiro atoms. The third kappa shape index (κ3) is 5.46. The Bertz CT molecular complexity index is 774. The zero-order valence-electron chi connectivity index (χ0n) is 16.9. The van der Waals surface area contributed by atoms with Crippen molar-refractivity contribution in [1.82, 2.24) is 0 Å². The van der Waals surface area contributed by atoms with E-state index in [4.69, 9.17) is 32.4 Å². The number of nitrogens with one attached hydrogen (secondary N) is 2. The van der Waals surface area contributed by atoms with Crippen LogP contribution in [-0.4, -0.2) is 114 Å². The predicted molar refractivity (Wildman–Crippen MR) is 102 cm³/mol. The van der Waals surface area contributed by atoms with Crippen LogP contribution in [0.2, 0.25) is 0 Å². The molecule has 0 aromatic rings. The van der Waals surface area contributed by atoms with Crippen molar-refractivity contribution in [3.63, 3.8) is 0 Å². The molecule has 0 bridgehead atoms. The van der Waals surface area contributed by atoms with Crippen LogP contribution < -0.4 is 32.9 Å². The number of aliphatic hydroxyl groups excluding tert-OH is 4. The lowest BCUT2D eigenvalue weighted by Crippen LogP contribution is -3.00. The molecule has 0 aromatic heterocycles. The van der Waals surface area contributed by atoms with E-state index in [2.05, 4.69) is 14.5 Å². The van der Waals surface area contributed by atoms with Crippen LogP contribution in [0.4, 0.5) is 0 Å². The number of rotatable bonds is 7. The summed E-state index contributed by atoms with van der Waals surface area (Å²) >= 11 is 0. The van der Waals surface area contributed by atoms with Gasteiger partial charge in [-0.15, -0.1) is 0 Å². The first kappa shape index (κ1) is 26.6. The van der Waals surface area contributed by atoms with E-state index in [1.165, 1.54) is 6.92 Å². The first-order valence-corrected chi connectivity index (χ1v) is 10.9. The smallest absolute Gasteiger partial charge is 0.393 e. The summed E-state index contributed by atoms with van der Waals surface area (Å²) in [4.78, 5) is 23.3. The number of nitrogens with two attached hydrogens (primary N) is 4. The Kier molecular flexibility index (Phi) is 8.07. The van der Waals surface area contributed by atoms with Crippen molar-refractivity contribution in [3.05, 3.63) is 0 Å². The van der Waals surface area contributed by atoms with Crippen molar-refractivity contribution in [3.8, 4) is 0 Å². The quantitative estimate of drug-likeness (QED) is 0.0894. The molecular weight excluding hydrogens is 459 g/mol. The largest absolute Gasteiger partial charge is 0.470 e. The third-order valence-electron chi connectivity index (χ3n) is 5.40. The van der Waals surface area contributed by atoms with Crippen LogP contribution in [0.3, 0.4) is 0 Å². The molecule has 0 radical (unpaired) electrons. The second-order valence-corrected chi connectivity index (χ2v) is 8.83. The van der Waals surface area contributed by atoms with Gasteiger partial charge in [-0.05, 0) is 6.92 Å². The molecule has 1 heterocycles. The minimum atomic E-state index is -5.22. The van der Waals surface area contributed by atoms with Crippen LogP contribution in [0.25, 0.3) is 0 Å². The third-order valence-corrected chi connectivity index (χ3v) is 5.92. The maximum Gasteiger partial charge on any atom is 0.470 e. The van der Waals surface area contributed by atoms with Crippen LogP contribution >= 0.6 is 7.82 Å². The average Bonchev–Trinajstić information content (AvgIpc) is 2.88. The van der Waals surface area contributed by atoms with Gasteiger partial charge in [0.1, 0.15) is 48.2 Å². The van der Waals surface area contributed by atoms with Crippen LogP contribution in [0, 0.1) is 0 Å². The Labute approximate surface area is 181 Å². The highest BCUT2D eigenvalue weighted by molar-refractivity contribution is 7.46. The summed E-state index contributed by atoms with van der Waals surface area (Å²) in [5.74, 6) is -0.902. The van der Waals surface area contributed by atoms with E-state index in [0.29, 0.717) is 0 Å². The number of ether oxygens (including phenoxy) is 2. The molecule has 186 valence electrons. The van der Waals surface area contributed by atoms with Crippen molar-refractivity contribution in [2.45, 2.75) is 67.5 Å². The SMILES string of the molecule is C[C@@H]1O[C@@H](O[C@H]2[C@H](O)[C@@H](OP(=O)(O)O)[C@H]([NH+]=C(N)N)[C@@H](O)[C@@H]2[NH+]=C(N)N)[C@H](O)[C@@]1(O)CO. The molecule has 1 saturated carbocycles. The minimum Gasteiger partial charge on any atom is -0.393 e. The molecule has 32 heavy (non-hydrogen) atoms. The summed E-state index contributed by atoms with van der Waals surface area (Å²) in [5.41, 5.74) is 19.5. The molecule has 0 amide bonds. The summed E-state index contributed by atoms with van der Waals surface area (Å²) in [7, 11) is -5.22. The second kappa shape index (κ2) is 9.70. The van der Waals surface area contributed by atoms with Gasteiger partial charge in [-0.2, -0.15) is 0 Å². The van der Waals surface area contributed by atoms with Crippen LogP contribution in [0.5, 0.6) is 0 Å². The van der Waals surface area contributed by atoms with Crippen LogP contribution in [-0.2, 0) is 18.6 Å². The number of hydrogen-bond donors (Lipinski definition) is 13. The van der Waals surface area contributed by atoms with Gasteiger partial charge in [0, 0.05) is 0 Å². The van der Waals surface area contributed by atoms with Crippen LogP contribution in [0.1, 0.15) is 6.92 Å². The molecule has 1 saturated heterocycles. The maximum absolute atomic E-state index is 11.5. The van der Waals surface area contributed by atoms with Gasteiger partial charge in [0.2, 0.25) is 0 Å². The number of aliphatic hydroxyl groups is 5. The number of hydrogen-bond acceptors (Lipinski definition) is 9. The van der Waals surface area contributed by atoms with E-state index >= 15 is 0 Å². The van der Waals surface area contributed by atoms with Gasteiger partial charge in [0.15, 0.2) is 6.29 Å². The summed E-state index contributed by atoms with van der Waals surface area (Å²) in [6, 6.07) is -2.89. The number of phosphoric ester groups is 1. The lowest BCUT2D eigenvalue weighted by molar-refractivity contribution is -0.596. The molecule has 2 rings (SSSR count). The molecule has 0 unspecified atom stereocenters. The number of guanidine groups is 2. The van der Waals surface area contributed by atoms with Gasteiger partial charge in [0.05, 0.1) is 12.7 Å². The monoisotopic (exact) mass is 490 g/mol. The van der Waals surface area contributed by atoms with E-state index in [1.54, 1.807) is 0 Å². The van der Waals surface area contributed by atoms with Gasteiger partial charge in [-0.1, -0.05) is 0 Å². The summed E-state index contributed by atoms with van der Waals surface area (Å²) < 4.78 is 27.0. The Balaban J connectivity index is 2.47. The molecule has 18 heteroatoms. The summed E-state index contributed by atoms with van der Waals surface area (Å²) in [6.45, 7) is 0.452.